The number of para-hydroxylation sites is 2. The molecule has 16 heteroatoms. The lowest BCUT2D eigenvalue weighted by Gasteiger charge is -2.12. The number of benzene rings is 11. The summed E-state index contributed by atoms with van der Waals surface area (Å²) < 4.78 is 11.9. The van der Waals surface area contributed by atoms with Crippen molar-refractivity contribution < 1.29 is 4.57 Å². The zero-order valence-electron chi connectivity index (χ0n) is 48.3. The minimum Gasteiger partial charge on any atom is -0.309 e. The van der Waals surface area contributed by atoms with E-state index in [1.165, 1.54) is 11.3 Å². The van der Waals surface area contributed by atoms with Crippen LogP contribution in [0.1, 0.15) is 0 Å². The van der Waals surface area contributed by atoms with Gasteiger partial charge >= 0.3 is 10.5 Å². The van der Waals surface area contributed by atoms with E-state index in [0.717, 1.165) is 109 Å². The summed E-state index contributed by atoms with van der Waals surface area (Å²) in [7, 11) is 0. The molecule has 0 aliphatic heterocycles. The van der Waals surface area contributed by atoms with Gasteiger partial charge in [0.05, 0.1) is 43.1 Å². The fourth-order valence-electron chi connectivity index (χ4n) is 13.3. The zero-order valence-corrected chi connectivity index (χ0v) is 50.0. The zero-order chi connectivity index (χ0) is 60.7. The third kappa shape index (κ3) is 7.84. The molecule has 430 valence electrons. The summed E-state index contributed by atoms with van der Waals surface area (Å²) in [5.74, 6) is 2.90. The number of aromatic nitrogens is 12. The van der Waals surface area contributed by atoms with Gasteiger partial charge in [-0.3, -0.25) is 9.36 Å². The van der Waals surface area contributed by atoms with E-state index in [1.54, 1.807) is 15.7 Å². The maximum atomic E-state index is 15.6. The average molecular weight is 1220 g/mol. The highest BCUT2D eigenvalue weighted by Gasteiger charge is 2.32. The van der Waals surface area contributed by atoms with Gasteiger partial charge in [-0.05, 0) is 96.3 Å². The van der Waals surface area contributed by atoms with Crippen LogP contribution in [0.2, 0.25) is 0 Å². The maximum absolute atomic E-state index is 15.6. The highest BCUT2D eigenvalue weighted by atomic mass is 32.1. The summed E-state index contributed by atoms with van der Waals surface area (Å²) in [5.41, 5.74) is 12.0. The first-order valence-electron chi connectivity index (χ1n) is 30.0. The van der Waals surface area contributed by atoms with Crippen molar-refractivity contribution >= 4 is 118 Å². The molecule has 0 aliphatic rings. The van der Waals surface area contributed by atoms with Gasteiger partial charge in [0.1, 0.15) is 11.2 Å². The molecule has 0 atom stereocenters. The number of hydrogen-bond acceptors (Lipinski definition) is 11. The minimum atomic E-state index is -0.156. The summed E-state index contributed by atoms with van der Waals surface area (Å²) >= 11 is 3.06. The molecular formula is C76H43N12O2S2+. The van der Waals surface area contributed by atoms with Crippen LogP contribution in [0.4, 0.5) is 0 Å². The first-order valence-corrected chi connectivity index (χ1v) is 31.6. The average Bonchev–Trinajstić information content (AvgIpc) is 1.55. The summed E-state index contributed by atoms with van der Waals surface area (Å²) in [5, 5.41) is 5.10. The van der Waals surface area contributed by atoms with E-state index in [1.807, 2.05) is 199 Å². The fourth-order valence-corrected chi connectivity index (χ4v) is 15.5. The molecule has 0 unspecified atom stereocenters. The molecule has 0 saturated carbocycles. The molecule has 0 bridgehead atoms. The number of hydrogen-bond donors (Lipinski definition) is 0. The largest absolute Gasteiger partial charge is 0.355 e. The van der Waals surface area contributed by atoms with Crippen LogP contribution in [0.5, 0.6) is 0 Å². The smallest absolute Gasteiger partial charge is 0.309 e. The molecule has 8 heterocycles. The SMILES string of the molecule is O=c1c2ccccc2sc2nc3ccc4c(c5ccccc5n4-c4cccc(-c5nc(-c6ccccc6)nc(-c6cccc(-[n+]7c8ccc9c%10ccccc%10n(-c%10nc(-c%11ccccc%11)nc(-c%11ccccc%11)n%10)c9c8n8c(=O)c9ccccc9sc87)c6)n5)c4)c3n12. The number of imidazole rings is 2. The van der Waals surface area contributed by atoms with Gasteiger partial charge in [0, 0.05) is 59.7 Å². The Bertz CT molecular complexity index is 6400. The van der Waals surface area contributed by atoms with E-state index < -0.39 is 0 Å². The van der Waals surface area contributed by atoms with Gasteiger partial charge in [-0.1, -0.05) is 187 Å². The highest BCUT2D eigenvalue weighted by Crippen LogP contribution is 2.41. The monoisotopic (exact) mass is 1220 g/mol. The van der Waals surface area contributed by atoms with E-state index in [0.29, 0.717) is 61.3 Å². The Hall–Kier alpha value is -12.2. The quantitative estimate of drug-likeness (QED) is 0.136. The van der Waals surface area contributed by atoms with Crippen LogP contribution in [-0.2, 0) is 0 Å². The van der Waals surface area contributed by atoms with E-state index >= 15 is 4.79 Å². The van der Waals surface area contributed by atoms with E-state index in [2.05, 4.69) is 80.4 Å². The van der Waals surface area contributed by atoms with Crippen molar-refractivity contribution in [1.29, 1.82) is 0 Å². The van der Waals surface area contributed by atoms with Crippen LogP contribution in [0.15, 0.2) is 270 Å². The molecule has 19 aromatic rings. The van der Waals surface area contributed by atoms with Crippen molar-refractivity contribution in [3.63, 3.8) is 0 Å². The Morgan fingerprint density at radius 3 is 1.50 bits per heavy atom. The van der Waals surface area contributed by atoms with Crippen LogP contribution in [0, 0.1) is 0 Å². The molecule has 19 rings (SSSR count). The van der Waals surface area contributed by atoms with Crippen molar-refractivity contribution in [2.45, 2.75) is 0 Å². The molecule has 0 aliphatic carbocycles. The Labute approximate surface area is 528 Å². The summed E-state index contributed by atoms with van der Waals surface area (Å²) in [6.07, 6.45) is 0. The van der Waals surface area contributed by atoms with Gasteiger partial charge in [-0.15, -0.1) is 4.40 Å². The Balaban J connectivity index is 0.815. The predicted molar refractivity (Wildman–Crippen MR) is 369 cm³/mol. The molecule has 8 aromatic heterocycles. The summed E-state index contributed by atoms with van der Waals surface area (Å²) in [6, 6.07) is 86.8. The van der Waals surface area contributed by atoms with E-state index in [-0.39, 0.29) is 11.1 Å². The third-order valence-electron chi connectivity index (χ3n) is 17.4. The van der Waals surface area contributed by atoms with Gasteiger partial charge < -0.3 is 4.57 Å². The maximum Gasteiger partial charge on any atom is 0.355 e. The second-order valence-corrected chi connectivity index (χ2v) is 24.7. The van der Waals surface area contributed by atoms with E-state index in [4.69, 9.17) is 34.9 Å². The molecule has 0 spiro atoms. The Morgan fingerprint density at radius 2 is 0.848 bits per heavy atom. The molecule has 0 radical (unpaired) electrons. The molecule has 14 nitrogen and oxygen atoms in total. The van der Waals surface area contributed by atoms with Gasteiger partial charge in [0.15, 0.2) is 39.6 Å². The Kier molecular flexibility index (Phi) is 11.3. The Morgan fingerprint density at radius 1 is 0.337 bits per heavy atom. The molecule has 92 heavy (non-hydrogen) atoms. The highest BCUT2D eigenvalue weighted by molar-refractivity contribution is 7.23. The third-order valence-corrected chi connectivity index (χ3v) is 19.5. The summed E-state index contributed by atoms with van der Waals surface area (Å²) in [4.78, 5) is 67.9. The molecule has 0 fully saturated rings. The van der Waals surface area contributed by atoms with Crippen LogP contribution >= 0.6 is 22.7 Å². The van der Waals surface area contributed by atoms with Crippen LogP contribution in [0.25, 0.3) is 170 Å². The number of rotatable bonds is 8. The normalized spacial score (nSPS) is 12.0. The molecule has 11 aromatic carbocycles. The first-order chi connectivity index (χ1) is 45.5. The molecule has 0 saturated heterocycles. The lowest BCUT2D eigenvalue weighted by Crippen LogP contribution is -2.30. The van der Waals surface area contributed by atoms with Gasteiger partial charge in [0.25, 0.3) is 5.56 Å². The topological polar surface area (TPSA) is 147 Å². The lowest BCUT2D eigenvalue weighted by molar-refractivity contribution is -0.536. The standard InChI is InChI=1S/C76H43N12O2S2/c89-72-54-32-12-16-36-61(54)91-75-77-56-39-41-59-63(65(56)87(72)75)53-31-11-15-35-58(53)84(59)49-28-18-26-47(42-49)70-78-67(44-20-4-1-5-21-44)79-71(81-70)48-27-19-29-50(43-48)85-60-40-38-52-51-30-10-14-34-57(51)86(64(52)66(60)88-73(90)55-33-13-17-37-62(55)92-76(85)88)74-82-68(45-22-6-2-7-23-45)80-69(83-74)46-24-8-3-9-25-46/h1-43H/q+1. The van der Waals surface area contributed by atoms with Crippen LogP contribution in [0.3, 0.4) is 0 Å². The van der Waals surface area contributed by atoms with Gasteiger partial charge in [0.2, 0.25) is 11.5 Å². The summed E-state index contributed by atoms with van der Waals surface area (Å²) in [6.45, 7) is 0. The van der Waals surface area contributed by atoms with Crippen molar-refractivity contribution in [3.05, 3.63) is 282 Å². The van der Waals surface area contributed by atoms with Crippen LogP contribution in [-0.4, -0.2) is 52.8 Å². The van der Waals surface area contributed by atoms with Crippen molar-refractivity contribution in [1.82, 2.24) is 52.8 Å². The van der Waals surface area contributed by atoms with Crippen molar-refractivity contribution in [3.8, 4) is 74.3 Å². The molecule has 0 N–H and O–H groups in total. The van der Waals surface area contributed by atoms with E-state index in [9.17, 15) is 4.79 Å². The first kappa shape index (κ1) is 51.8. The van der Waals surface area contributed by atoms with Crippen molar-refractivity contribution in [2.24, 2.45) is 0 Å². The van der Waals surface area contributed by atoms with Crippen LogP contribution < -0.4 is 15.7 Å². The number of fused-ring (bicyclic) bond motifs is 16. The fraction of sp³-hybridized carbons (Fsp3) is 0. The predicted octanol–water partition coefficient (Wildman–Crippen LogP) is 16.2. The minimum absolute atomic E-state index is 0.0948. The molecular weight excluding hydrogens is 1180 g/mol. The molecule has 0 amide bonds. The second-order valence-electron chi connectivity index (χ2n) is 22.6. The lowest BCUT2D eigenvalue weighted by atomic mass is 10.1. The van der Waals surface area contributed by atoms with Gasteiger partial charge in [-0.25, -0.2) is 34.1 Å². The van der Waals surface area contributed by atoms with Crippen molar-refractivity contribution in [2.75, 3.05) is 0 Å². The number of nitrogens with zero attached hydrogens (tertiary/aromatic N) is 12. The van der Waals surface area contributed by atoms with Gasteiger partial charge in [-0.2, -0.15) is 14.5 Å². The second kappa shape index (κ2) is 20.1.